The van der Waals surface area contributed by atoms with E-state index in [1.54, 1.807) is 6.33 Å². The first-order chi connectivity index (χ1) is 8.13. The van der Waals surface area contributed by atoms with Crippen molar-refractivity contribution in [2.45, 2.75) is 52.0 Å². The number of nitrogens with two attached hydrogens (primary N) is 1. The zero-order valence-electron chi connectivity index (χ0n) is 11.2. The Bertz CT molecular complexity index is 334. The molecule has 4 heteroatoms. The quantitative estimate of drug-likeness (QED) is 0.763. The second kappa shape index (κ2) is 6.55. The first-order valence-corrected chi connectivity index (χ1v) is 6.47. The highest BCUT2D eigenvalue weighted by atomic mass is 15.0. The van der Waals surface area contributed by atoms with Crippen LogP contribution in [-0.4, -0.2) is 22.1 Å². The van der Waals surface area contributed by atoms with Gasteiger partial charge in [0.25, 0.3) is 0 Å². The Morgan fingerprint density at radius 1 is 1.24 bits per heavy atom. The van der Waals surface area contributed by atoms with Crippen LogP contribution in [0.1, 0.15) is 45.7 Å². The van der Waals surface area contributed by atoms with E-state index < -0.39 is 0 Å². The molecule has 0 amide bonds. The molecule has 96 valence electrons. The molecular formula is C13H24N4. The molecule has 0 aliphatic rings. The fourth-order valence-electron chi connectivity index (χ4n) is 1.65. The molecule has 3 N–H and O–H groups in total. The summed E-state index contributed by atoms with van der Waals surface area (Å²) >= 11 is 0. The molecule has 1 aromatic heterocycles. The number of anilines is 1. The summed E-state index contributed by atoms with van der Waals surface area (Å²) in [6.45, 7) is 7.14. The first kappa shape index (κ1) is 13.9. The number of rotatable bonds is 7. The van der Waals surface area contributed by atoms with Gasteiger partial charge in [-0.25, -0.2) is 9.97 Å². The lowest BCUT2D eigenvalue weighted by atomic mass is 9.94. The Kier molecular flexibility index (Phi) is 5.35. The van der Waals surface area contributed by atoms with Crippen LogP contribution in [0.3, 0.4) is 0 Å². The third-order valence-corrected chi connectivity index (χ3v) is 3.26. The molecule has 0 aliphatic heterocycles. The lowest BCUT2D eigenvalue weighted by Crippen LogP contribution is -2.45. The molecule has 0 bridgehead atoms. The number of hydrogen-bond donors (Lipinski definition) is 2. The largest absolute Gasteiger partial charge is 0.368 e. The SMILES string of the molecule is CCCc1cc(NCC(N)(CC)CC)ncn1. The molecule has 0 atom stereocenters. The van der Waals surface area contributed by atoms with Gasteiger partial charge in [-0.05, 0) is 19.3 Å². The number of nitrogens with one attached hydrogen (secondary N) is 1. The minimum absolute atomic E-state index is 0.143. The summed E-state index contributed by atoms with van der Waals surface area (Å²) in [7, 11) is 0. The molecule has 0 unspecified atom stereocenters. The van der Waals surface area contributed by atoms with Gasteiger partial charge >= 0.3 is 0 Å². The van der Waals surface area contributed by atoms with Gasteiger partial charge in [-0.1, -0.05) is 27.2 Å². The van der Waals surface area contributed by atoms with Gasteiger partial charge in [0, 0.05) is 23.8 Å². The molecule has 1 heterocycles. The zero-order valence-corrected chi connectivity index (χ0v) is 11.2. The van der Waals surface area contributed by atoms with Crippen molar-refractivity contribution in [2.75, 3.05) is 11.9 Å². The normalized spacial score (nSPS) is 11.5. The monoisotopic (exact) mass is 236 g/mol. The summed E-state index contributed by atoms with van der Waals surface area (Å²) in [5.74, 6) is 0.875. The Morgan fingerprint density at radius 3 is 2.53 bits per heavy atom. The van der Waals surface area contributed by atoms with Gasteiger partial charge in [0.1, 0.15) is 12.1 Å². The molecule has 0 saturated carbocycles. The molecule has 0 spiro atoms. The summed E-state index contributed by atoms with van der Waals surface area (Å²) in [6.07, 6.45) is 5.63. The van der Waals surface area contributed by atoms with E-state index in [2.05, 4.69) is 36.1 Å². The highest BCUT2D eigenvalue weighted by Crippen LogP contribution is 2.13. The van der Waals surface area contributed by atoms with E-state index in [-0.39, 0.29) is 5.54 Å². The van der Waals surface area contributed by atoms with Gasteiger partial charge in [0.2, 0.25) is 0 Å². The maximum absolute atomic E-state index is 6.24. The second-order valence-electron chi connectivity index (χ2n) is 4.57. The van der Waals surface area contributed by atoms with Crippen molar-refractivity contribution in [3.63, 3.8) is 0 Å². The highest BCUT2D eigenvalue weighted by Gasteiger charge is 2.19. The van der Waals surface area contributed by atoms with Gasteiger partial charge in [-0.15, -0.1) is 0 Å². The van der Waals surface area contributed by atoms with E-state index in [0.717, 1.165) is 43.7 Å². The zero-order chi connectivity index (χ0) is 12.7. The van der Waals surface area contributed by atoms with Gasteiger partial charge < -0.3 is 11.1 Å². The lowest BCUT2D eigenvalue weighted by Gasteiger charge is -2.27. The lowest BCUT2D eigenvalue weighted by molar-refractivity contribution is 0.418. The van der Waals surface area contributed by atoms with Crippen LogP contribution < -0.4 is 11.1 Å². The second-order valence-corrected chi connectivity index (χ2v) is 4.57. The van der Waals surface area contributed by atoms with Crippen LogP contribution in [-0.2, 0) is 6.42 Å². The predicted molar refractivity (Wildman–Crippen MR) is 72.0 cm³/mol. The molecule has 1 aromatic rings. The molecule has 0 saturated heterocycles. The Labute approximate surface area is 104 Å². The number of nitrogens with zero attached hydrogens (tertiary/aromatic N) is 2. The minimum Gasteiger partial charge on any atom is -0.368 e. The van der Waals surface area contributed by atoms with Crippen molar-refractivity contribution in [3.8, 4) is 0 Å². The van der Waals surface area contributed by atoms with E-state index >= 15 is 0 Å². The molecule has 0 aromatic carbocycles. The van der Waals surface area contributed by atoms with Crippen LogP contribution in [0.5, 0.6) is 0 Å². The van der Waals surface area contributed by atoms with Crippen molar-refractivity contribution in [3.05, 3.63) is 18.1 Å². The third kappa shape index (κ3) is 4.30. The first-order valence-electron chi connectivity index (χ1n) is 6.47. The van der Waals surface area contributed by atoms with Crippen LogP contribution >= 0.6 is 0 Å². The standard InChI is InChI=1S/C13H24N4/c1-4-7-11-8-12(17-10-16-11)15-9-13(14,5-2)6-3/h8,10H,4-7,9,14H2,1-3H3,(H,15,16,17). The van der Waals surface area contributed by atoms with E-state index in [1.807, 2.05) is 6.07 Å². The van der Waals surface area contributed by atoms with E-state index in [1.165, 1.54) is 0 Å². The van der Waals surface area contributed by atoms with Gasteiger partial charge in [-0.2, -0.15) is 0 Å². The molecule has 0 radical (unpaired) electrons. The van der Waals surface area contributed by atoms with Crippen molar-refractivity contribution < 1.29 is 0 Å². The molecule has 0 aliphatic carbocycles. The highest BCUT2D eigenvalue weighted by molar-refractivity contribution is 5.35. The fourth-order valence-corrected chi connectivity index (χ4v) is 1.65. The molecule has 1 rings (SSSR count). The van der Waals surface area contributed by atoms with Crippen molar-refractivity contribution in [2.24, 2.45) is 5.73 Å². The van der Waals surface area contributed by atoms with Crippen molar-refractivity contribution >= 4 is 5.82 Å². The summed E-state index contributed by atoms with van der Waals surface area (Å²) in [4.78, 5) is 8.45. The summed E-state index contributed by atoms with van der Waals surface area (Å²) in [5, 5.41) is 3.31. The van der Waals surface area contributed by atoms with Crippen LogP contribution in [0.15, 0.2) is 12.4 Å². The van der Waals surface area contributed by atoms with Crippen molar-refractivity contribution in [1.29, 1.82) is 0 Å². The topological polar surface area (TPSA) is 63.8 Å². The summed E-state index contributed by atoms with van der Waals surface area (Å²) < 4.78 is 0. The van der Waals surface area contributed by atoms with E-state index in [9.17, 15) is 0 Å². The van der Waals surface area contributed by atoms with Gasteiger partial charge in [0.15, 0.2) is 0 Å². The Hall–Kier alpha value is -1.16. The van der Waals surface area contributed by atoms with Crippen LogP contribution in [0, 0.1) is 0 Å². The molecule has 4 nitrogen and oxygen atoms in total. The number of hydrogen-bond acceptors (Lipinski definition) is 4. The Morgan fingerprint density at radius 2 is 1.94 bits per heavy atom. The predicted octanol–water partition coefficient (Wildman–Crippen LogP) is 2.36. The summed E-state index contributed by atoms with van der Waals surface area (Å²) in [6, 6.07) is 2.01. The van der Waals surface area contributed by atoms with Crippen molar-refractivity contribution in [1.82, 2.24) is 9.97 Å². The fraction of sp³-hybridized carbons (Fsp3) is 0.692. The van der Waals surface area contributed by atoms with E-state index in [0.29, 0.717) is 0 Å². The van der Waals surface area contributed by atoms with Gasteiger partial charge in [-0.3, -0.25) is 0 Å². The average molecular weight is 236 g/mol. The molecule has 17 heavy (non-hydrogen) atoms. The number of aryl methyl sites for hydroxylation is 1. The molecule has 0 fully saturated rings. The van der Waals surface area contributed by atoms with Gasteiger partial charge in [0.05, 0.1) is 0 Å². The Balaban J connectivity index is 2.59. The van der Waals surface area contributed by atoms with E-state index in [4.69, 9.17) is 5.73 Å². The molecular weight excluding hydrogens is 212 g/mol. The maximum Gasteiger partial charge on any atom is 0.129 e. The average Bonchev–Trinajstić information content (AvgIpc) is 2.37. The summed E-state index contributed by atoms with van der Waals surface area (Å²) in [5.41, 5.74) is 7.18. The number of aromatic nitrogens is 2. The van der Waals surface area contributed by atoms with Crippen LogP contribution in [0.25, 0.3) is 0 Å². The third-order valence-electron chi connectivity index (χ3n) is 3.26. The van der Waals surface area contributed by atoms with Crippen LogP contribution in [0.2, 0.25) is 0 Å². The smallest absolute Gasteiger partial charge is 0.129 e. The van der Waals surface area contributed by atoms with Crippen LogP contribution in [0.4, 0.5) is 5.82 Å². The maximum atomic E-state index is 6.24. The minimum atomic E-state index is -0.143.